The molecule has 0 amide bonds. The van der Waals surface area contributed by atoms with Crippen molar-refractivity contribution in [3.63, 3.8) is 0 Å². The molecule has 0 unspecified atom stereocenters. The fourth-order valence-corrected chi connectivity index (χ4v) is 3.51. The average molecular weight is 322 g/mol. The molecular weight excluding hydrogens is 310 g/mol. The van der Waals surface area contributed by atoms with Crippen LogP contribution in [-0.4, -0.2) is 17.0 Å². The van der Waals surface area contributed by atoms with Crippen LogP contribution in [0.5, 0.6) is 0 Å². The van der Waals surface area contributed by atoms with Crippen molar-refractivity contribution in [2.24, 2.45) is 0 Å². The second-order valence-corrected chi connectivity index (χ2v) is 5.85. The van der Waals surface area contributed by atoms with E-state index in [0.29, 0.717) is 0 Å². The lowest BCUT2D eigenvalue weighted by Gasteiger charge is -1.96. The van der Waals surface area contributed by atoms with Crippen LogP contribution in [0.3, 0.4) is 0 Å². The van der Waals surface area contributed by atoms with Gasteiger partial charge in [-0.05, 0) is 27.6 Å². The zero-order valence-electron chi connectivity index (χ0n) is 9.83. The molecule has 0 fully saturated rings. The van der Waals surface area contributed by atoms with Crippen LogP contribution in [0.2, 0.25) is 0 Å². The second kappa shape index (κ2) is 4.74. The van der Waals surface area contributed by atoms with Crippen LogP contribution >= 0.6 is 27.3 Å². The highest BCUT2D eigenvalue weighted by atomic mass is 79.9. The number of nitrogens with zero attached hydrogens (tertiary/aromatic N) is 1. The van der Waals surface area contributed by atoms with Gasteiger partial charge in [0.05, 0.1) is 0 Å². The van der Waals surface area contributed by atoms with Gasteiger partial charge in [0.15, 0.2) is 5.13 Å². The quantitative estimate of drug-likeness (QED) is 0.765. The van der Waals surface area contributed by atoms with Crippen molar-refractivity contribution in [2.75, 3.05) is 12.4 Å². The van der Waals surface area contributed by atoms with E-state index < -0.39 is 0 Å². The molecule has 5 heteroatoms. The van der Waals surface area contributed by atoms with Crippen LogP contribution in [0, 0.1) is 0 Å². The first-order chi connectivity index (χ1) is 8.78. The lowest BCUT2D eigenvalue weighted by atomic mass is 10.1. The Morgan fingerprint density at radius 1 is 1.39 bits per heavy atom. The van der Waals surface area contributed by atoms with Crippen molar-refractivity contribution in [1.82, 2.24) is 9.97 Å². The van der Waals surface area contributed by atoms with Crippen molar-refractivity contribution in [2.45, 2.75) is 6.42 Å². The minimum absolute atomic E-state index is 0.893. The predicted molar refractivity (Wildman–Crippen MR) is 80.5 cm³/mol. The van der Waals surface area contributed by atoms with E-state index in [9.17, 15) is 0 Å². The van der Waals surface area contributed by atoms with Crippen LogP contribution in [0.15, 0.2) is 35.1 Å². The maximum atomic E-state index is 4.40. The maximum Gasteiger partial charge on any atom is 0.183 e. The number of aromatic nitrogens is 2. The molecular formula is C13H12BrN3S. The lowest BCUT2D eigenvalue weighted by molar-refractivity contribution is 1.20. The van der Waals surface area contributed by atoms with E-state index in [1.54, 1.807) is 11.3 Å². The van der Waals surface area contributed by atoms with Crippen molar-refractivity contribution in [3.8, 4) is 0 Å². The van der Waals surface area contributed by atoms with Crippen molar-refractivity contribution >= 4 is 43.3 Å². The Labute approximate surface area is 117 Å². The number of thiazole rings is 1. The molecule has 0 saturated heterocycles. The summed E-state index contributed by atoms with van der Waals surface area (Å²) in [6, 6.07) is 8.36. The monoisotopic (exact) mass is 321 g/mol. The van der Waals surface area contributed by atoms with Gasteiger partial charge in [-0.3, -0.25) is 0 Å². The average Bonchev–Trinajstić information content (AvgIpc) is 2.95. The Morgan fingerprint density at radius 3 is 3.00 bits per heavy atom. The number of nitrogens with one attached hydrogen (secondary N) is 2. The van der Waals surface area contributed by atoms with E-state index in [4.69, 9.17) is 0 Å². The summed E-state index contributed by atoms with van der Waals surface area (Å²) in [5.74, 6) is 0. The van der Waals surface area contributed by atoms with Gasteiger partial charge >= 0.3 is 0 Å². The fourth-order valence-electron chi connectivity index (χ4n) is 2.00. The first kappa shape index (κ1) is 11.7. The first-order valence-electron chi connectivity index (χ1n) is 5.66. The summed E-state index contributed by atoms with van der Waals surface area (Å²) < 4.78 is 0.933. The Hall–Kier alpha value is -1.33. The predicted octanol–water partition coefficient (Wildman–Crippen LogP) is 4.02. The van der Waals surface area contributed by atoms with E-state index >= 15 is 0 Å². The molecule has 0 saturated carbocycles. The molecule has 2 heterocycles. The summed E-state index contributed by atoms with van der Waals surface area (Å²) in [4.78, 5) is 8.95. The largest absolute Gasteiger partial charge is 0.365 e. The minimum Gasteiger partial charge on any atom is -0.365 e. The molecule has 0 bridgehead atoms. The van der Waals surface area contributed by atoms with Crippen molar-refractivity contribution < 1.29 is 0 Å². The van der Waals surface area contributed by atoms with E-state index in [1.165, 1.54) is 21.3 Å². The Balaban J connectivity index is 1.98. The second-order valence-electron chi connectivity index (χ2n) is 4.02. The zero-order valence-corrected chi connectivity index (χ0v) is 12.2. The van der Waals surface area contributed by atoms with Crippen LogP contribution in [0.25, 0.3) is 10.9 Å². The highest BCUT2D eigenvalue weighted by Crippen LogP contribution is 2.31. The van der Waals surface area contributed by atoms with Crippen molar-refractivity contribution in [3.05, 3.63) is 45.5 Å². The summed E-state index contributed by atoms with van der Waals surface area (Å²) in [7, 11) is 1.89. The maximum absolute atomic E-state index is 4.40. The summed E-state index contributed by atoms with van der Waals surface area (Å²) in [6.45, 7) is 0. The van der Waals surface area contributed by atoms with Gasteiger partial charge in [0.25, 0.3) is 0 Å². The van der Waals surface area contributed by atoms with Gasteiger partial charge in [0.2, 0.25) is 0 Å². The van der Waals surface area contributed by atoms with Gasteiger partial charge in [-0.1, -0.05) is 18.2 Å². The highest BCUT2D eigenvalue weighted by molar-refractivity contribution is 9.10. The number of aromatic amines is 1. The number of rotatable bonds is 3. The van der Waals surface area contributed by atoms with Crippen LogP contribution in [0.1, 0.15) is 10.4 Å². The van der Waals surface area contributed by atoms with E-state index in [0.717, 1.165) is 16.2 Å². The molecule has 2 aromatic heterocycles. The number of para-hydroxylation sites is 1. The molecule has 3 aromatic rings. The molecule has 0 spiro atoms. The highest BCUT2D eigenvalue weighted by Gasteiger charge is 2.11. The summed E-state index contributed by atoms with van der Waals surface area (Å²) in [5, 5.41) is 5.30. The molecule has 92 valence electrons. The molecule has 2 N–H and O–H groups in total. The minimum atomic E-state index is 0.893. The van der Waals surface area contributed by atoms with Gasteiger partial charge in [0, 0.05) is 35.4 Å². The molecule has 0 radical (unpaired) electrons. The number of anilines is 1. The topological polar surface area (TPSA) is 40.7 Å². The van der Waals surface area contributed by atoms with E-state index in [-0.39, 0.29) is 0 Å². The van der Waals surface area contributed by atoms with E-state index in [1.807, 2.05) is 13.1 Å². The lowest BCUT2D eigenvalue weighted by Crippen LogP contribution is -1.84. The third-order valence-corrected chi connectivity index (χ3v) is 4.88. The molecule has 0 aliphatic rings. The Morgan fingerprint density at radius 2 is 2.22 bits per heavy atom. The number of hydrogen-bond acceptors (Lipinski definition) is 3. The van der Waals surface area contributed by atoms with Crippen LogP contribution < -0.4 is 5.32 Å². The smallest absolute Gasteiger partial charge is 0.183 e. The molecule has 18 heavy (non-hydrogen) atoms. The fraction of sp³-hybridized carbons (Fsp3) is 0.154. The molecule has 0 aliphatic heterocycles. The summed E-state index contributed by atoms with van der Waals surface area (Å²) >= 11 is 5.20. The van der Waals surface area contributed by atoms with Gasteiger partial charge < -0.3 is 10.3 Å². The summed E-state index contributed by atoms with van der Waals surface area (Å²) in [6.07, 6.45) is 2.97. The standard InChI is InChI=1S/C13H12BrN3S/c1-15-13-17-12(14)11(18-13)6-8-7-16-10-5-3-2-4-9(8)10/h2-5,7,16H,6H2,1H3,(H,15,17). The van der Waals surface area contributed by atoms with Crippen LogP contribution in [-0.2, 0) is 6.42 Å². The van der Waals surface area contributed by atoms with E-state index in [2.05, 4.69) is 55.6 Å². The molecule has 0 atom stereocenters. The van der Waals surface area contributed by atoms with Crippen molar-refractivity contribution in [1.29, 1.82) is 0 Å². The van der Waals surface area contributed by atoms with Gasteiger partial charge in [-0.2, -0.15) is 0 Å². The molecule has 0 aliphatic carbocycles. The number of H-pyrrole nitrogens is 1. The zero-order chi connectivity index (χ0) is 12.5. The first-order valence-corrected chi connectivity index (χ1v) is 7.27. The number of fused-ring (bicyclic) bond motifs is 1. The normalized spacial score (nSPS) is 11.0. The van der Waals surface area contributed by atoms with Gasteiger partial charge in [0.1, 0.15) is 4.60 Å². The third kappa shape index (κ3) is 2.04. The SMILES string of the molecule is CNc1nc(Br)c(Cc2c[nH]c3ccccc23)s1. The third-order valence-electron chi connectivity index (χ3n) is 2.89. The number of halogens is 1. The molecule has 3 rings (SSSR count). The van der Waals surface area contributed by atoms with Gasteiger partial charge in [-0.15, -0.1) is 11.3 Å². The summed E-state index contributed by atoms with van der Waals surface area (Å²) in [5.41, 5.74) is 2.49. The molecule has 1 aromatic carbocycles. The van der Waals surface area contributed by atoms with Crippen LogP contribution in [0.4, 0.5) is 5.13 Å². The number of hydrogen-bond donors (Lipinski definition) is 2. The number of benzene rings is 1. The van der Waals surface area contributed by atoms with Gasteiger partial charge in [-0.25, -0.2) is 4.98 Å². The Bertz CT molecular complexity index is 686. The Kier molecular flexibility index (Phi) is 3.09. The molecule has 3 nitrogen and oxygen atoms in total.